The van der Waals surface area contributed by atoms with E-state index in [-0.39, 0.29) is 17.9 Å². The fraction of sp³-hybridized carbons (Fsp3) is 0.368. The number of hydrogen-bond donors (Lipinski definition) is 1. The molecule has 2 aliphatic heterocycles. The molecular weight excluding hydrogens is 320 g/mol. The molecule has 0 radical (unpaired) electrons. The number of fused-ring (bicyclic) bond motifs is 1. The van der Waals surface area contributed by atoms with Crippen molar-refractivity contribution in [2.75, 3.05) is 13.2 Å². The Kier molecular flexibility index (Phi) is 4.28. The van der Waals surface area contributed by atoms with Crippen molar-refractivity contribution in [3.63, 3.8) is 0 Å². The minimum Gasteiger partial charge on any atom is -0.467 e. The summed E-state index contributed by atoms with van der Waals surface area (Å²) in [7, 11) is 0. The van der Waals surface area contributed by atoms with Crippen LogP contribution < -0.4 is 5.32 Å². The van der Waals surface area contributed by atoms with Gasteiger partial charge in [-0.2, -0.15) is 0 Å². The second kappa shape index (κ2) is 6.72. The van der Waals surface area contributed by atoms with Crippen molar-refractivity contribution in [2.24, 2.45) is 0 Å². The van der Waals surface area contributed by atoms with Gasteiger partial charge in [-0.1, -0.05) is 12.1 Å². The molecule has 0 saturated carbocycles. The highest BCUT2D eigenvalue weighted by atomic mass is 16.5. The van der Waals surface area contributed by atoms with Gasteiger partial charge < -0.3 is 19.4 Å². The highest BCUT2D eigenvalue weighted by molar-refractivity contribution is 6.09. The molecule has 1 aromatic carbocycles. The van der Waals surface area contributed by atoms with E-state index in [1.165, 1.54) is 0 Å². The summed E-state index contributed by atoms with van der Waals surface area (Å²) < 4.78 is 10.9. The lowest BCUT2D eigenvalue weighted by Gasteiger charge is -2.19. The van der Waals surface area contributed by atoms with Crippen LogP contribution >= 0.6 is 0 Å². The molecule has 1 N–H and O–H groups in total. The van der Waals surface area contributed by atoms with Crippen molar-refractivity contribution < 1.29 is 18.7 Å². The number of rotatable bonds is 5. The lowest BCUT2D eigenvalue weighted by molar-refractivity contribution is 0.0544. The van der Waals surface area contributed by atoms with Gasteiger partial charge in [0.25, 0.3) is 11.8 Å². The summed E-state index contributed by atoms with van der Waals surface area (Å²) >= 11 is 0. The van der Waals surface area contributed by atoms with E-state index in [4.69, 9.17) is 9.15 Å². The smallest absolute Gasteiger partial charge is 0.255 e. The zero-order valence-electron chi connectivity index (χ0n) is 13.9. The molecule has 1 saturated heterocycles. The molecule has 130 valence electrons. The molecule has 0 bridgehead atoms. The highest BCUT2D eigenvalue weighted by Gasteiger charge is 2.33. The number of hydrogen-bond acceptors (Lipinski definition) is 4. The first-order chi connectivity index (χ1) is 12.2. The van der Waals surface area contributed by atoms with Crippen molar-refractivity contribution in [3.8, 4) is 0 Å². The Bertz CT molecular complexity index is 779. The van der Waals surface area contributed by atoms with E-state index in [9.17, 15) is 9.59 Å². The normalized spacial score (nSPS) is 19.3. The number of nitrogens with one attached hydrogen (secondary N) is 1. The largest absolute Gasteiger partial charge is 0.467 e. The van der Waals surface area contributed by atoms with Crippen LogP contribution in [0.3, 0.4) is 0 Å². The molecule has 1 atom stereocenters. The van der Waals surface area contributed by atoms with Crippen LogP contribution in [0.2, 0.25) is 0 Å². The van der Waals surface area contributed by atoms with Crippen LogP contribution in [0.4, 0.5) is 0 Å². The number of carbonyl (C=O) groups is 2. The van der Waals surface area contributed by atoms with E-state index in [1.54, 1.807) is 29.4 Å². The third-order valence-electron chi connectivity index (χ3n) is 4.71. The van der Waals surface area contributed by atoms with Gasteiger partial charge in [-0.25, -0.2) is 0 Å². The first kappa shape index (κ1) is 15.9. The van der Waals surface area contributed by atoms with Crippen molar-refractivity contribution in [3.05, 3.63) is 59.0 Å². The van der Waals surface area contributed by atoms with E-state index in [2.05, 4.69) is 5.32 Å². The van der Waals surface area contributed by atoms with Crippen LogP contribution in [0.25, 0.3) is 0 Å². The molecule has 0 spiro atoms. The second-order valence-corrected chi connectivity index (χ2v) is 6.42. The molecule has 2 aromatic rings. The summed E-state index contributed by atoms with van der Waals surface area (Å²) in [5.74, 6) is 0.321. The van der Waals surface area contributed by atoms with Gasteiger partial charge in [-0.3, -0.25) is 9.59 Å². The average molecular weight is 340 g/mol. The lowest BCUT2D eigenvalue weighted by Crippen LogP contribution is -2.33. The Balaban J connectivity index is 1.49. The van der Waals surface area contributed by atoms with E-state index in [0.29, 0.717) is 36.5 Å². The van der Waals surface area contributed by atoms with Crippen LogP contribution in [0, 0.1) is 0 Å². The predicted octanol–water partition coefficient (Wildman–Crippen LogP) is 2.34. The van der Waals surface area contributed by atoms with Gasteiger partial charge in [0.2, 0.25) is 0 Å². The predicted molar refractivity (Wildman–Crippen MR) is 90.0 cm³/mol. The Labute approximate surface area is 145 Å². The summed E-state index contributed by atoms with van der Waals surface area (Å²) in [5.41, 5.74) is 1.83. The molecule has 6 heteroatoms. The van der Waals surface area contributed by atoms with E-state index in [0.717, 1.165) is 25.0 Å². The summed E-state index contributed by atoms with van der Waals surface area (Å²) in [5, 5.41) is 2.81. The molecule has 3 heterocycles. The fourth-order valence-electron chi connectivity index (χ4n) is 3.47. The second-order valence-electron chi connectivity index (χ2n) is 6.42. The minimum atomic E-state index is -0.263. The summed E-state index contributed by atoms with van der Waals surface area (Å²) in [6, 6.07) is 9.00. The SMILES string of the molecule is O=C(NCc1ccco1)c1cccc2c1C(=O)N(CC1CCCO1)C2. The van der Waals surface area contributed by atoms with Crippen molar-refractivity contribution >= 4 is 11.8 Å². The Hall–Kier alpha value is -2.60. The van der Waals surface area contributed by atoms with Gasteiger partial charge in [0.05, 0.1) is 30.0 Å². The molecule has 1 unspecified atom stereocenters. The number of benzene rings is 1. The minimum absolute atomic E-state index is 0.0887. The van der Waals surface area contributed by atoms with Crippen molar-refractivity contribution in [2.45, 2.75) is 32.0 Å². The highest BCUT2D eigenvalue weighted by Crippen LogP contribution is 2.27. The molecule has 25 heavy (non-hydrogen) atoms. The summed E-state index contributed by atoms with van der Waals surface area (Å²) in [6.45, 7) is 2.18. The number of carbonyl (C=O) groups excluding carboxylic acids is 2. The van der Waals surface area contributed by atoms with Gasteiger partial charge in [0.1, 0.15) is 5.76 Å². The molecule has 2 amide bonds. The molecule has 2 aliphatic rings. The number of amides is 2. The van der Waals surface area contributed by atoms with E-state index in [1.807, 2.05) is 12.1 Å². The molecule has 0 aliphatic carbocycles. The maximum Gasteiger partial charge on any atom is 0.255 e. The summed E-state index contributed by atoms with van der Waals surface area (Å²) in [4.78, 5) is 27.1. The molecule has 1 aromatic heterocycles. The first-order valence-corrected chi connectivity index (χ1v) is 8.56. The zero-order chi connectivity index (χ0) is 17.2. The van der Waals surface area contributed by atoms with Crippen molar-refractivity contribution in [1.29, 1.82) is 0 Å². The fourth-order valence-corrected chi connectivity index (χ4v) is 3.47. The zero-order valence-corrected chi connectivity index (χ0v) is 13.9. The first-order valence-electron chi connectivity index (χ1n) is 8.56. The standard InChI is InChI=1S/C19H20N2O4/c22-18(20-10-14-5-2-8-24-14)16-7-1-4-13-11-21(19(23)17(13)16)12-15-6-3-9-25-15/h1-2,4-5,7-8,15H,3,6,9-12H2,(H,20,22). The topological polar surface area (TPSA) is 71.8 Å². The number of nitrogens with zero attached hydrogens (tertiary/aromatic N) is 1. The van der Waals surface area contributed by atoms with Crippen LogP contribution in [0.5, 0.6) is 0 Å². The Morgan fingerprint density at radius 2 is 2.20 bits per heavy atom. The summed E-state index contributed by atoms with van der Waals surface area (Å²) in [6.07, 6.45) is 3.69. The van der Waals surface area contributed by atoms with E-state index < -0.39 is 0 Å². The maximum absolute atomic E-state index is 12.8. The molecule has 4 rings (SSSR count). The molecule has 6 nitrogen and oxygen atoms in total. The lowest BCUT2D eigenvalue weighted by atomic mass is 10.0. The van der Waals surface area contributed by atoms with Crippen LogP contribution in [-0.4, -0.2) is 36.0 Å². The Morgan fingerprint density at radius 1 is 1.28 bits per heavy atom. The maximum atomic E-state index is 12.8. The van der Waals surface area contributed by atoms with Gasteiger partial charge in [-0.05, 0) is 36.6 Å². The van der Waals surface area contributed by atoms with E-state index >= 15 is 0 Å². The third kappa shape index (κ3) is 3.17. The van der Waals surface area contributed by atoms with Gasteiger partial charge in [0.15, 0.2) is 0 Å². The molecular formula is C19H20N2O4. The van der Waals surface area contributed by atoms with Gasteiger partial charge in [-0.15, -0.1) is 0 Å². The van der Waals surface area contributed by atoms with Gasteiger partial charge in [0, 0.05) is 19.7 Å². The van der Waals surface area contributed by atoms with Crippen molar-refractivity contribution in [1.82, 2.24) is 10.2 Å². The van der Waals surface area contributed by atoms with Crippen LogP contribution in [0.15, 0.2) is 41.0 Å². The molecule has 1 fully saturated rings. The average Bonchev–Trinajstić information content (AvgIpc) is 3.36. The van der Waals surface area contributed by atoms with Gasteiger partial charge >= 0.3 is 0 Å². The van der Waals surface area contributed by atoms with Crippen LogP contribution in [0.1, 0.15) is 44.9 Å². The number of furan rings is 1. The quantitative estimate of drug-likeness (QED) is 0.907. The Morgan fingerprint density at radius 3 is 2.96 bits per heavy atom. The van der Waals surface area contributed by atoms with Crippen LogP contribution in [-0.2, 0) is 17.8 Å². The number of ether oxygens (including phenoxy) is 1. The third-order valence-corrected chi connectivity index (χ3v) is 4.71. The monoisotopic (exact) mass is 340 g/mol.